The zero-order valence-corrected chi connectivity index (χ0v) is 13.0. The number of rotatable bonds is 5. The molecule has 2 aromatic rings. The normalized spacial score (nSPS) is 20.3. The van der Waals surface area contributed by atoms with Crippen LogP contribution in [0.3, 0.4) is 0 Å². The van der Waals surface area contributed by atoms with Crippen molar-refractivity contribution in [2.75, 3.05) is 32.2 Å². The van der Waals surface area contributed by atoms with Crippen LogP contribution in [0.15, 0.2) is 30.7 Å². The Kier molecular flexibility index (Phi) is 4.42. The molecule has 0 unspecified atom stereocenters. The van der Waals surface area contributed by atoms with Gasteiger partial charge < -0.3 is 19.7 Å². The smallest absolute Gasteiger partial charge is 0.270 e. The van der Waals surface area contributed by atoms with Crippen LogP contribution in [0, 0.1) is 0 Å². The SMILES string of the molecule is CN(C)c1ccnc(C(=O)N[C@H]2COC[C@H]2Oc2cn[nH]c2)c1. The lowest BCUT2D eigenvalue weighted by Crippen LogP contribution is -2.45. The van der Waals surface area contributed by atoms with Gasteiger partial charge in [0.25, 0.3) is 5.91 Å². The molecule has 122 valence electrons. The van der Waals surface area contributed by atoms with Crippen LogP contribution in [0.5, 0.6) is 5.75 Å². The van der Waals surface area contributed by atoms with Crippen LogP contribution in [0.25, 0.3) is 0 Å². The molecule has 0 aliphatic carbocycles. The minimum absolute atomic E-state index is 0.234. The number of H-pyrrole nitrogens is 1. The number of hydrogen-bond acceptors (Lipinski definition) is 6. The van der Waals surface area contributed by atoms with Crippen LogP contribution in [0.1, 0.15) is 10.5 Å². The van der Waals surface area contributed by atoms with E-state index >= 15 is 0 Å². The van der Waals surface area contributed by atoms with Gasteiger partial charge in [-0.25, -0.2) is 0 Å². The monoisotopic (exact) mass is 317 g/mol. The molecular weight excluding hydrogens is 298 g/mol. The summed E-state index contributed by atoms with van der Waals surface area (Å²) in [5.74, 6) is 0.373. The summed E-state index contributed by atoms with van der Waals surface area (Å²) < 4.78 is 11.2. The van der Waals surface area contributed by atoms with E-state index in [4.69, 9.17) is 9.47 Å². The molecule has 3 rings (SSSR count). The molecule has 8 heteroatoms. The summed E-state index contributed by atoms with van der Waals surface area (Å²) in [5.41, 5.74) is 1.28. The number of carbonyl (C=O) groups is 1. The lowest BCUT2D eigenvalue weighted by atomic mass is 10.2. The third-order valence-electron chi connectivity index (χ3n) is 3.60. The molecule has 3 heterocycles. The summed E-state index contributed by atoms with van der Waals surface area (Å²) in [4.78, 5) is 18.4. The summed E-state index contributed by atoms with van der Waals surface area (Å²) in [6, 6.07) is 3.36. The van der Waals surface area contributed by atoms with E-state index in [2.05, 4.69) is 20.5 Å². The Hall–Kier alpha value is -2.61. The van der Waals surface area contributed by atoms with E-state index in [0.29, 0.717) is 24.7 Å². The summed E-state index contributed by atoms with van der Waals surface area (Å²) in [7, 11) is 3.83. The average molecular weight is 317 g/mol. The quantitative estimate of drug-likeness (QED) is 0.832. The van der Waals surface area contributed by atoms with Crippen molar-refractivity contribution in [2.45, 2.75) is 12.1 Å². The van der Waals surface area contributed by atoms with Crippen molar-refractivity contribution in [1.29, 1.82) is 0 Å². The third-order valence-corrected chi connectivity index (χ3v) is 3.60. The highest BCUT2D eigenvalue weighted by Crippen LogP contribution is 2.16. The van der Waals surface area contributed by atoms with Crippen LogP contribution >= 0.6 is 0 Å². The Labute approximate surface area is 133 Å². The molecule has 2 aromatic heterocycles. The molecule has 0 saturated carbocycles. The fourth-order valence-corrected chi connectivity index (χ4v) is 2.33. The Balaban J connectivity index is 1.65. The number of hydrogen-bond donors (Lipinski definition) is 2. The largest absolute Gasteiger partial charge is 0.482 e. The van der Waals surface area contributed by atoms with Crippen LogP contribution in [-0.4, -0.2) is 60.5 Å². The van der Waals surface area contributed by atoms with Gasteiger partial charge in [0.05, 0.1) is 31.6 Å². The van der Waals surface area contributed by atoms with Gasteiger partial charge in [-0.05, 0) is 12.1 Å². The number of anilines is 1. The minimum atomic E-state index is -0.256. The third kappa shape index (κ3) is 3.59. The van der Waals surface area contributed by atoms with Gasteiger partial charge in [0.15, 0.2) is 5.75 Å². The summed E-state index contributed by atoms with van der Waals surface area (Å²) in [6.45, 7) is 0.822. The molecule has 2 atom stereocenters. The predicted molar refractivity (Wildman–Crippen MR) is 83.6 cm³/mol. The van der Waals surface area contributed by atoms with Crippen molar-refractivity contribution in [3.63, 3.8) is 0 Å². The van der Waals surface area contributed by atoms with Gasteiger partial charge in [-0.3, -0.25) is 14.9 Å². The zero-order valence-electron chi connectivity index (χ0n) is 13.0. The Morgan fingerprint density at radius 1 is 1.48 bits per heavy atom. The van der Waals surface area contributed by atoms with Crippen LogP contribution in [0.2, 0.25) is 0 Å². The van der Waals surface area contributed by atoms with E-state index in [1.165, 1.54) is 0 Å². The summed E-state index contributed by atoms with van der Waals surface area (Å²) in [5, 5.41) is 9.44. The number of carbonyl (C=O) groups excluding carboxylic acids is 1. The number of amides is 1. The number of nitrogens with one attached hydrogen (secondary N) is 2. The molecule has 1 saturated heterocycles. The molecular formula is C15H19N5O3. The van der Waals surface area contributed by atoms with E-state index in [-0.39, 0.29) is 18.1 Å². The van der Waals surface area contributed by atoms with Crippen molar-refractivity contribution < 1.29 is 14.3 Å². The number of nitrogens with zero attached hydrogens (tertiary/aromatic N) is 3. The highest BCUT2D eigenvalue weighted by atomic mass is 16.5. The maximum Gasteiger partial charge on any atom is 0.270 e. The second-order valence-corrected chi connectivity index (χ2v) is 5.50. The minimum Gasteiger partial charge on any atom is -0.482 e. The first-order chi connectivity index (χ1) is 11.1. The van der Waals surface area contributed by atoms with E-state index < -0.39 is 0 Å². The first-order valence-electron chi connectivity index (χ1n) is 7.31. The van der Waals surface area contributed by atoms with Gasteiger partial charge in [-0.2, -0.15) is 5.10 Å². The average Bonchev–Trinajstić information content (AvgIpc) is 3.20. The van der Waals surface area contributed by atoms with Crippen molar-refractivity contribution >= 4 is 11.6 Å². The van der Waals surface area contributed by atoms with Crippen molar-refractivity contribution in [3.05, 3.63) is 36.4 Å². The van der Waals surface area contributed by atoms with Gasteiger partial charge in [0.1, 0.15) is 11.8 Å². The zero-order chi connectivity index (χ0) is 16.2. The van der Waals surface area contributed by atoms with E-state index in [1.807, 2.05) is 25.1 Å². The molecule has 8 nitrogen and oxygen atoms in total. The standard InChI is InChI=1S/C15H19N5O3/c1-20(2)10-3-4-16-12(5-10)15(21)19-13-8-22-9-14(13)23-11-6-17-18-7-11/h3-7,13-14H,8-9H2,1-2H3,(H,17,18)(H,19,21)/t13-,14+/m0/s1. The molecule has 1 amide bonds. The van der Waals surface area contributed by atoms with Crippen molar-refractivity contribution in [2.24, 2.45) is 0 Å². The van der Waals surface area contributed by atoms with Crippen LogP contribution in [0.4, 0.5) is 5.69 Å². The van der Waals surface area contributed by atoms with Crippen LogP contribution < -0.4 is 15.0 Å². The fourth-order valence-electron chi connectivity index (χ4n) is 2.33. The number of aromatic nitrogens is 3. The van der Waals surface area contributed by atoms with Gasteiger partial charge >= 0.3 is 0 Å². The molecule has 0 spiro atoms. The van der Waals surface area contributed by atoms with Gasteiger partial charge in [-0.15, -0.1) is 0 Å². The molecule has 0 bridgehead atoms. The molecule has 1 fully saturated rings. The van der Waals surface area contributed by atoms with Crippen molar-refractivity contribution in [1.82, 2.24) is 20.5 Å². The summed E-state index contributed by atoms with van der Waals surface area (Å²) in [6.07, 6.45) is 4.60. The Morgan fingerprint density at radius 3 is 3.09 bits per heavy atom. The van der Waals surface area contributed by atoms with E-state index in [0.717, 1.165) is 5.69 Å². The molecule has 0 aromatic carbocycles. The maximum atomic E-state index is 12.4. The Bertz CT molecular complexity index is 659. The van der Waals surface area contributed by atoms with Gasteiger partial charge in [0, 0.05) is 26.0 Å². The number of aromatic amines is 1. The van der Waals surface area contributed by atoms with Gasteiger partial charge in [0.2, 0.25) is 0 Å². The predicted octanol–water partition coefficient (Wildman–Crippen LogP) is 0.447. The maximum absolute atomic E-state index is 12.4. The molecule has 0 radical (unpaired) electrons. The lowest BCUT2D eigenvalue weighted by molar-refractivity contribution is 0.0899. The second-order valence-electron chi connectivity index (χ2n) is 5.50. The molecule has 1 aliphatic rings. The molecule has 23 heavy (non-hydrogen) atoms. The van der Waals surface area contributed by atoms with E-state index in [1.54, 1.807) is 24.7 Å². The highest BCUT2D eigenvalue weighted by Gasteiger charge is 2.32. The Morgan fingerprint density at radius 2 is 2.35 bits per heavy atom. The van der Waals surface area contributed by atoms with Crippen LogP contribution in [-0.2, 0) is 4.74 Å². The van der Waals surface area contributed by atoms with Crippen molar-refractivity contribution in [3.8, 4) is 5.75 Å². The molecule has 2 N–H and O–H groups in total. The fraction of sp³-hybridized carbons (Fsp3) is 0.400. The first-order valence-corrected chi connectivity index (χ1v) is 7.31. The number of pyridine rings is 1. The van der Waals surface area contributed by atoms with Gasteiger partial charge in [-0.1, -0.05) is 0 Å². The summed E-state index contributed by atoms with van der Waals surface area (Å²) >= 11 is 0. The second kappa shape index (κ2) is 6.66. The first kappa shape index (κ1) is 15.3. The highest BCUT2D eigenvalue weighted by molar-refractivity contribution is 5.93. The molecule has 1 aliphatic heterocycles. The number of ether oxygens (including phenoxy) is 2. The topological polar surface area (TPSA) is 92.4 Å². The lowest BCUT2D eigenvalue weighted by Gasteiger charge is -2.20. The van der Waals surface area contributed by atoms with E-state index in [9.17, 15) is 4.79 Å².